The molecule has 7 rings (SSSR count). The second kappa shape index (κ2) is 4.64. The van der Waals surface area contributed by atoms with Gasteiger partial charge in [-0.1, -0.05) is 42.5 Å². The van der Waals surface area contributed by atoms with Gasteiger partial charge >= 0.3 is 0 Å². The molecule has 2 atom stereocenters. The molecule has 4 heterocycles. The van der Waals surface area contributed by atoms with Gasteiger partial charge < -0.3 is 9.64 Å². The largest absolute Gasteiger partial charge is 0.486 e. The van der Waals surface area contributed by atoms with E-state index in [4.69, 9.17) is 4.74 Å². The molecule has 0 amide bonds. The fourth-order valence-corrected chi connectivity index (χ4v) is 6.16. The lowest BCUT2D eigenvalue weighted by molar-refractivity contribution is -0.158. The van der Waals surface area contributed by atoms with Crippen molar-refractivity contribution in [2.24, 2.45) is 17.8 Å². The van der Waals surface area contributed by atoms with Crippen molar-refractivity contribution in [2.75, 3.05) is 19.6 Å². The third-order valence-corrected chi connectivity index (χ3v) is 7.06. The van der Waals surface area contributed by atoms with E-state index in [1.54, 1.807) is 0 Å². The minimum atomic E-state index is 0.0840. The number of hydrogen-bond acceptors (Lipinski definition) is 2. The summed E-state index contributed by atoms with van der Waals surface area (Å²) < 4.78 is 6.81. The molecule has 2 heteroatoms. The first-order valence-corrected chi connectivity index (χ1v) is 9.40. The van der Waals surface area contributed by atoms with Crippen molar-refractivity contribution in [2.45, 2.75) is 24.9 Å². The Bertz CT molecular complexity index is 769. The predicted molar refractivity (Wildman–Crippen MR) is 95.1 cm³/mol. The zero-order valence-electron chi connectivity index (χ0n) is 13.9. The number of piperidine rings is 3. The first-order chi connectivity index (χ1) is 11.8. The highest BCUT2D eigenvalue weighted by Gasteiger charge is 2.60. The topological polar surface area (TPSA) is 12.5 Å². The van der Waals surface area contributed by atoms with E-state index in [9.17, 15) is 0 Å². The number of rotatable bonds is 1. The summed E-state index contributed by atoms with van der Waals surface area (Å²) in [4.78, 5) is 2.70. The van der Waals surface area contributed by atoms with E-state index in [1.165, 1.54) is 49.2 Å². The fourth-order valence-electron chi connectivity index (χ4n) is 6.16. The summed E-state index contributed by atoms with van der Waals surface area (Å²) in [6.07, 6.45) is 3.87. The van der Waals surface area contributed by atoms with Crippen LogP contribution in [0.5, 0.6) is 5.75 Å². The first kappa shape index (κ1) is 13.5. The molecule has 1 saturated carbocycles. The van der Waals surface area contributed by atoms with Gasteiger partial charge in [0.1, 0.15) is 11.4 Å². The minimum absolute atomic E-state index is 0.0840. The van der Waals surface area contributed by atoms with Crippen LogP contribution in [-0.2, 0) is 6.42 Å². The quantitative estimate of drug-likeness (QED) is 0.788. The lowest BCUT2D eigenvalue weighted by Gasteiger charge is -2.60. The van der Waals surface area contributed by atoms with Crippen molar-refractivity contribution in [3.8, 4) is 16.9 Å². The molecule has 3 saturated heterocycles. The summed E-state index contributed by atoms with van der Waals surface area (Å²) in [5.41, 5.74) is 4.23. The van der Waals surface area contributed by atoms with E-state index in [1.807, 2.05) is 0 Å². The number of hydrogen-bond donors (Lipinski definition) is 0. The van der Waals surface area contributed by atoms with E-state index in [2.05, 4.69) is 53.4 Å². The molecule has 1 spiro atoms. The van der Waals surface area contributed by atoms with E-state index in [0.717, 1.165) is 29.9 Å². The molecule has 2 unspecified atom stereocenters. The molecule has 4 aliphatic heterocycles. The normalized spacial score (nSPS) is 38.3. The van der Waals surface area contributed by atoms with Gasteiger partial charge in [-0.25, -0.2) is 0 Å². The Labute approximate surface area is 143 Å². The van der Waals surface area contributed by atoms with Gasteiger partial charge in [0.2, 0.25) is 0 Å². The second-order valence-corrected chi connectivity index (χ2v) is 8.33. The van der Waals surface area contributed by atoms with Crippen LogP contribution in [0.2, 0.25) is 0 Å². The van der Waals surface area contributed by atoms with Gasteiger partial charge in [-0.2, -0.15) is 0 Å². The summed E-state index contributed by atoms with van der Waals surface area (Å²) in [6.45, 7) is 3.84. The summed E-state index contributed by atoms with van der Waals surface area (Å²) in [7, 11) is 0. The molecule has 1 aliphatic carbocycles. The van der Waals surface area contributed by atoms with Crippen LogP contribution in [0.4, 0.5) is 0 Å². The molecule has 2 nitrogen and oxygen atoms in total. The predicted octanol–water partition coefficient (Wildman–Crippen LogP) is 4.00. The Hall–Kier alpha value is -1.80. The van der Waals surface area contributed by atoms with Gasteiger partial charge in [-0.15, -0.1) is 0 Å². The van der Waals surface area contributed by atoms with Gasteiger partial charge in [0.25, 0.3) is 0 Å². The summed E-state index contributed by atoms with van der Waals surface area (Å²) in [5, 5.41) is 0. The van der Waals surface area contributed by atoms with Gasteiger partial charge in [0.15, 0.2) is 0 Å². The van der Waals surface area contributed by atoms with Crippen molar-refractivity contribution in [3.05, 3.63) is 54.1 Å². The number of fused-ring (bicyclic) bond motifs is 1. The smallest absolute Gasteiger partial charge is 0.124 e. The van der Waals surface area contributed by atoms with Crippen molar-refractivity contribution in [3.63, 3.8) is 0 Å². The molecule has 2 aromatic carbocycles. The lowest BCUT2D eigenvalue weighted by atomic mass is 9.58. The molecule has 2 aromatic rings. The van der Waals surface area contributed by atoms with Crippen molar-refractivity contribution < 1.29 is 4.74 Å². The zero-order valence-corrected chi connectivity index (χ0v) is 13.9. The maximum atomic E-state index is 6.81. The van der Waals surface area contributed by atoms with Crippen LogP contribution in [-0.4, -0.2) is 30.1 Å². The first-order valence-electron chi connectivity index (χ1n) is 9.40. The van der Waals surface area contributed by atoms with E-state index in [-0.39, 0.29) is 5.60 Å². The third-order valence-electron chi connectivity index (χ3n) is 7.06. The molecule has 4 bridgehead atoms. The Balaban J connectivity index is 1.44. The van der Waals surface area contributed by atoms with Crippen LogP contribution in [0, 0.1) is 17.8 Å². The Kier molecular flexibility index (Phi) is 2.60. The number of benzene rings is 2. The monoisotopic (exact) mass is 317 g/mol. The van der Waals surface area contributed by atoms with Gasteiger partial charge in [0, 0.05) is 43.5 Å². The SMILES string of the molecule is c1ccc(-c2cccc3c2CC2(O3)C3CC4CC2CN(C4)C3)cc1. The van der Waals surface area contributed by atoms with Crippen molar-refractivity contribution in [1.29, 1.82) is 0 Å². The maximum absolute atomic E-state index is 6.81. The van der Waals surface area contributed by atoms with Crippen LogP contribution in [0.15, 0.2) is 48.5 Å². The standard InChI is InChI=1S/C22H23NO/c1-2-5-16(6-3-1)19-7-4-8-21-20(19)11-22(24-21)17-9-15-10-18(22)14-23(12-15)13-17/h1-8,15,17-18H,9-14H2. The molecule has 4 fully saturated rings. The number of nitrogens with zero attached hydrogens (tertiary/aromatic N) is 1. The van der Waals surface area contributed by atoms with E-state index < -0.39 is 0 Å². The zero-order chi connectivity index (χ0) is 15.7. The molecule has 0 aromatic heterocycles. The minimum Gasteiger partial charge on any atom is -0.486 e. The van der Waals surface area contributed by atoms with Crippen LogP contribution < -0.4 is 4.74 Å². The Morgan fingerprint density at radius 1 is 0.875 bits per heavy atom. The molecule has 5 aliphatic rings. The fraction of sp³-hybridized carbons (Fsp3) is 0.455. The Morgan fingerprint density at radius 3 is 2.42 bits per heavy atom. The highest BCUT2D eigenvalue weighted by Crippen LogP contribution is 2.56. The summed E-state index contributed by atoms with van der Waals surface area (Å²) in [5.74, 6) is 3.52. The van der Waals surface area contributed by atoms with Crippen LogP contribution in [0.25, 0.3) is 11.1 Å². The average molecular weight is 317 g/mol. The highest BCUT2D eigenvalue weighted by molar-refractivity contribution is 5.71. The lowest BCUT2D eigenvalue weighted by Crippen LogP contribution is -2.68. The molecule has 0 N–H and O–H groups in total. The van der Waals surface area contributed by atoms with Crippen molar-refractivity contribution in [1.82, 2.24) is 4.90 Å². The molecule has 122 valence electrons. The average Bonchev–Trinajstić information content (AvgIpc) is 3.00. The Morgan fingerprint density at radius 2 is 1.67 bits per heavy atom. The van der Waals surface area contributed by atoms with E-state index in [0.29, 0.717) is 0 Å². The molecule has 0 radical (unpaired) electrons. The summed E-state index contributed by atoms with van der Waals surface area (Å²) >= 11 is 0. The second-order valence-electron chi connectivity index (χ2n) is 8.33. The molecular formula is C22H23NO. The summed E-state index contributed by atoms with van der Waals surface area (Å²) in [6, 6.07) is 17.5. The van der Waals surface area contributed by atoms with Gasteiger partial charge in [-0.3, -0.25) is 0 Å². The van der Waals surface area contributed by atoms with Crippen LogP contribution >= 0.6 is 0 Å². The van der Waals surface area contributed by atoms with Gasteiger partial charge in [-0.05, 0) is 36.0 Å². The molecule has 24 heavy (non-hydrogen) atoms. The molecular weight excluding hydrogens is 294 g/mol. The highest BCUT2D eigenvalue weighted by atomic mass is 16.5. The third kappa shape index (κ3) is 1.70. The number of ether oxygens (including phenoxy) is 1. The van der Waals surface area contributed by atoms with E-state index >= 15 is 0 Å². The van der Waals surface area contributed by atoms with Crippen LogP contribution in [0.1, 0.15) is 18.4 Å². The maximum Gasteiger partial charge on any atom is 0.124 e. The van der Waals surface area contributed by atoms with Crippen LogP contribution in [0.3, 0.4) is 0 Å². The van der Waals surface area contributed by atoms with Gasteiger partial charge in [0.05, 0.1) is 0 Å². The van der Waals surface area contributed by atoms with Crippen molar-refractivity contribution >= 4 is 0 Å².